The van der Waals surface area contributed by atoms with Gasteiger partial charge in [-0.15, -0.1) is 0 Å². The first-order chi connectivity index (χ1) is 11.8. The van der Waals surface area contributed by atoms with Crippen LogP contribution < -0.4 is 15.4 Å². The van der Waals surface area contributed by atoms with Crippen LogP contribution in [-0.2, 0) is 12.8 Å². The molecule has 0 radical (unpaired) electrons. The van der Waals surface area contributed by atoms with E-state index in [2.05, 4.69) is 19.9 Å². The van der Waals surface area contributed by atoms with Crippen molar-refractivity contribution in [3.8, 4) is 0 Å². The van der Waals surface area contributed by atoms with Crippen molar-refractivity contribution >= 4 is 37.6 Å². The Morgan fingerprint density at radius 1 is 1.08 bits per heavy atom. The molecule has 0 spiro atoms. The molecule has 1 aliphatic heterocycles. The number of aryl methyl sites for hydroxylation is 1. The van der Waals surface area contributed by atoms with E-state index in [0.29, 0.717) is 0 Å². The largest absolute Gasteiger partial charge is 0.312 e. The highest BCUT2D eigenvalue weighted by molar-refractivity contribution is 7.25. The van der Waals surface area contributed by atoms with Crippen LogP contribution in [0.3, 0.4) is 0 Å². The van der Waals surface area contributed by atoms with Crippen molar-refractivity contribution in [3.05, 3.63) is 27.8 Å². The van der Waals surface area contributed by atoms with Gasteiger partial charge in [-0.05, 0) is 50.5 Å². The lowest BCUT2D eigenvalue weighted by Gasteiger charge is -2.25. The van der Waals surface area contributed by atoms with Crippen LogP contribution in [-0.4, -0.2) is 23.1 Å². The number of hydrogen-bond acceptors (Lipinski definition) is 4. The van der Waals surface area contributed by atoms with Gasteiger partial charge in [0.15, 0.2) is 4.83 Å². The van der Waals surface area contributed by atoms with Crippen LogP contribution in [0.4, 0.5) is 5.82 Å². The third kappa shape index (κ3) is 2.09. The molecule has 1 fully saturated rings. The maximum Gasteiger partial charge on any atom is 0.278 e. The number of fused-ring (bicyclic) bond motifs is 5. The average Bonchev–Trinajstić information content (AvgIpc) is 3.02. The molecule has 5 nitrogen and oxygen atoms in total. The van der Waals surface area contributed by atoms with E-state index >= 15 is 0 Å². The Balaban J connectivity index is 1.83. The highest BCUT2D eigenvalue weighted by Crippen LogP contribution is 2.38. The Morgan fingerprint density at radius 3 is 2.71 bits per heavy atom. The minimum atomic E-state index is -0.0290. The zero-order valence-corrected chi connectivity index (χ0v) is 14.5. The first-order valence-corrected chi connectivity index (χ1v) is 9.76. The fourth-order valence-corrected chi connectivity index (χ4v) is 5.38. The van der Waals surface area contributed by atoms with Gasteiger partial charge in [-0.1, -0.05) is 11.3 Å². The zero-order chi connectivity index (χ0) is 16.1. The Bertz CT molecular complexity index is 984. The fourth-order valence-electron chi connectivity index (χ4n) is 4.30. The van der Waals surface area contributed by atoms with Gasteiger partial charge >= 0.3 is 0 Å². The Labute approximate surface area is 143 Å². The van der Waals surface area contributed by atoms with Crippen molar-refractivity contribution in [1.29, 1.82) is 0 Å². The number of rotatable bonds is 1. The number of H-pyrrole nitrogens is 2. The zero-order valence-electron chi connectivity index (χ0n) is 13.7. The van der Waals surface area contributed by atoms with Gasteiger partial charge in [-0.3, -0.25) is 9.69 Å². The number of aromatic amines is 2. The van der Waals surface area contributed by atoms with Crippen molar-refractivity contribution in [2.45, 2.75) is 44.9 Å². The maximum atomic E-state index is 12.2. The topological polar surface area (TPSA) is 63.1 Å². The smallest absolute Gasteiger partial charge is 0.278 e. The summed E-state index contributed by atoms with van der Waals surface area (Å²) >= 11 is 1.55. The Kier molecular flexibility index (Phi) is 3.33. The molecule has 4 heterocycles. The molecule has 0 amide bonds. The summed E-state index contributed by atoms with van der Waals surface area (Å²) in [6.45, 7) is 2.27. The van der Waals surface area contributed by atoms with Gasteiger partial charge in [0, 0.05) is 5.56 Å². The van der Waals surface area contributed by atoms with E-state index in [0.717, 1.165) is 41.0 Å². The van der Waals surface area contributed by atoms with E-state index < -0.39 is 0 Å². The van der Waals surface area contributed by atoms with Crippen molar-refractivity contribution in [2.24, 2.45) is 0 Å². The minimum Gasteiger partial charge on any atom is -0.312 e. The molecule has 2 aliphatic rings. The third-order valence-corrected chi connectivity index (χ3v) is 6.53. The number of anilines is 1. The van der Waals surface area contributed by atoms with Crippen molar-refractivity contribution in [1.82, 2.24) is 9.97 Å². The molecular formula is C18H21N4OS+. The maximum absolute atomic E-state index is 12.2. The molecule has 2 N–H and O–H groups in total. The second kappa shape index (κ2) is 5.55. The lowest BCUT2D eigenvalue weighted by atomic mass is 9.89. The van der Waals surface area contributed by atoms with Crippen molar-refractivity contribution in [3.63, 3.8) is 0 Å². The molecule has 0 aromatic carbocycles. The van der Waals surface area contributed by atoms with Gasteiger partial charge in [0.2, 0.25) is 0 Å². The number of hydrogen-bond donors (Lipinski definition) is 1. The highest BCUT2D eigenvalue weighted by Gasteiger charge is 2.30. The molecule has 0 atom stereocenters. The van der Waals surface area contributed by atoms with Crippen LogP contribution in [0.15, 0.2) is 11.1 Å². The third-order valence-electron chi connectivity index (χ3n) is 5.44. The molecule has 6 heteroatoms. The molecule has 24 heavy (non-hydrogen) atoms. The first-order valence-electron chi connectivity index (χ1n) is 8.95. The lowest BCUT2D eigenvalue weighted by Crippen LogP contribution is -2.36. The van der Waals surface area contributed by atoms with Gasteiger partial charge in [0.05, 0.1) is 24.8 Å². The number of pyridine rings is 1. The normalized spacial score (nSPS) is 18.2. The number of nitrogens with zero attached hydrogens (tertiary/aromatic N) is 2. The summed E-state index contributed by atoms with van der Waals surface area (Å²) in [5.74, 6) is 1.31. The molecule has 0 saturated carbocycles. The predicted molar refractivity (Wildman–Crippen MR) is 97.0 cm³/mol. The van der Waals surface area contributed by atoms with Crippen molar-refractivity contribution < 1.29 is 4.98 Å². The molecule has 1 aliphatic carbocycles. The quantitative estimate of drug-likeness (QED) is 0.740. The van der Waals surface area contributed by atoms with Gasteiger partial charge in [-0.25, -0.2) is 9.97 Å². The molecule has 3 aromatic rings. The Morgan fingerprint density at radius 2 is 1.88 bits per heavy atom. The highest BCUT2D eigenvalue weighted by atomic mass is 32.1. The Hall–Kier alpha value is -1.95. The first kappa shape index (κ1) is 14.4. The second-order valence-corrected chi connectivity index (χ2v) is 7.92. The number of aromatic nitrogens is 3. The van der Waals surface area contributed by atoms with E-state index in [-0.39, 0.29) is 5.56 Å². The van der Waals surface area contributed by atoms with Crippen LogP contribution >= 0.6 is 11.3 Å². The van der Waals surface area contributed by atoms with Crippen LogP contribution in [0.5, 0.6) is 0 Å². The molecule has 124 valence electrons. The molecule has 3 aromatic heterocycles. The molecule has 1 saturated heterocycles. The van der Waals surface area contributed by atoms with Gasteiger partial charge in [-0.2, -0.15) is 0 Å². The number of nitrogens with one attached hydrogen (secondary N) is 2. The van der Waals surface area contributed by atoms with E-state index in [1.807, 2.05) is 0 Å². The van der Waals surface area contributed by atoms with Crippen LogP contribution in [0, 0.1) is 0 Å². The van der Waals surface area contributed by atoms with Gasteiger partial charge in [0.1, 0.15) is 10.2 Å². The summed E-state index contributed by atoms with van der Waals surface area (Å²) < 4.78 is 0.743. The molecule has 0 unspecified atom stereocenters. The summed E-state index contributed by atoms with van der Waals surface area (Å²) in [6.07, 6.45) is 10.1. The summed E-state index contributed by atoms with van der Waals surface area (Å²) in [5, 5.41) is 1.19. The monoisotopic (exact) mass is 341 g/mol. The van der Waals surface area contributed by atoms with Crippen LogP contribution in [0.2, 0.25) is 0 Å². The SMILES string of the molecule is O=c1[nH]cnc2c1sc1[nH+]c(N3CCCCC3)c3c(c12)CCCC3. The number of piperidine rings is 1. The summed E-state index contributed by atoms with van der Waals surface area (Å²) in [4.78, 5) is 26.7. The molecule has 5 rings (SSSR count). The van der Waals surface area contributed by atoms with Crippen LogP contribution in [0.25, 0.3) is 20.4 Å². The summed E-state index contributed by atoms with van der Waals surface area (Å²) in [6, 6.07) is 0. The average molecular weight is 341 g/mol. The van der Waals surface area contributed by atoms with Gasteiger partial charge in [0.25, 0.3) is 11.4 Å². The van der Waals surface area contributed by atoms with Crippen LogP contribution in [0.1, 0.15) is 43.2 Å². The van der Waals surface area contributed by atoms with E-state index in [4.69, 9.17) is 0 Å². The second-order valence-electron chi connectivity index (χ2n) is 6.90. The van der Waals surface area contributed by atoms with Crippen molar-refractivity contribution in [2.75, 3.05) is 18.0 Å². The fraction of sp³-hybridized carbons (Fsp3) is 0.500. The molecular weight excluding hydrogens is 320 g/mol. The van der Waals surface area contributed by atoms with E-state index in [9.17, 15) is 4.79 Å². The predicted octanol–water partition coefficient (Wildman–Crippen LogP) is 2.82. The summed E-state index contributed by atoms with van der Waals surface area (Å²) in [7, 11) is 0. The van der Waals surface area contributed by atoms with Gasteiger partial charge < -0.3 is 4.98 Å². The van der Waals surface area contributed by atoms with E-state index in [1.165, 1.54) is 60.8 Å². The minimum absolute atomic E-state index is 0.0290. The lowest BCUT2D eigenvalue weighted by molar-refractivity contribution is -0.328. The molecule has 0 bridgehead atoms. The summed E-state index contributed by atoms with van der Waals surface area (Å²) in [5.41, 5.74) is 3.74. The number of thiophene rings is 1. The van der Waals surface area contributed by atoms with E-state index in [1.54, 1.807) is 11.3 Å². The standard InChI is InChI=1S/C18H20N4OS/c23-17-15-14(19-10-20-17)13-11-6-2-3-7-12(11)16(21-18(13)24-15)22-8-4-1-5-9-22/h10H,1-9H2,(H,19,20,23)/p+1.